The molecule has 1 N–H and O–H groups in total. The van der Waals surface area contributed by atoms with Gasteiger partial charge in [0.15, 0.2) is 5.72 Å². The molecule has 3 aliphatic rings. The van der Waals surface area contributed by atoms with Gasteiger partial charge < -0.3 is 14.7 Å². The Morgan fingerprint density at radius 1 is 1.35 bits per heavy atom. The molecule has 26 heavy (non-hydrogen) atoms. The third-order valence-electron chi connectivity index (χ3n) is 5.34. The highest BCUT2D eigenvalue weighted by atomic mass is 35.5. The highest BCUT2D eigenvalue weighted by Crippen LogP contribution is 2.46. The molecule has 1 spiro atoms. The quantitative estimate of drug-likeness (QED) is 0.816. The van der Waals surface area contributed by atoms with Gasteiger partial charge in [-0.3, -0.25) is 4.79 Å². The third kappa shape index (κ3) is 2.38. The van der Waals surface area contributed by atoms with Crippen LogP contribution in [0.25, 0.3) is 0 Å². The van der Waals surface area contributed by atoms with Gasteiger partial charge in [-0.1, -0.05) is 11.6 Å². The van der Waals surface area contributed by atoms with Crippen LogP contribution >= 0.6 is 11.6 Å². The molecule has 10 heteroatoms. The molecule has 0 aliphatic carbocycles. The number of halogens is 1. The minimum absolute atomic E-state index is 0.0350. The van der Waals surface area contributed by atoms with Gasteiger partial charge in [0.25, 0.3) is 0 Å². The van der Waals surface area contributed by atoms with Gasteiger partial charge in [0, 0.05) is 25.9 Å². The molecule has 4 rings (SSSR count). The average molecular weight is 401 g/mol. The maximum absolute atomic E-state index is 13.1. The molecule has 140 valence electrons. The van der Waals surface area contributed by atoms with Gasteiger partial charge in [-0.05, 0) is 24.6 Å². The van der Waals surface area contributed by atoms with E-state index >= 15 is 0 Å². The fourth-order valence-electron chi connectivity index (χ4n) is 4.16. The molecular weight excluding hydrogens is 384 g/mol. The second-order valence-corrected chi connectivity index (χ2v) is 8.92. The van der Waals surface area contributed by atoms with E-state index in [-0.39, 0.29) is 34.4 Å². The van der Waals surface area contributed by atoms with Crippen LogP contribution in [0.5, 0.6) is 0 Å². The van der Waals surface area contributed by atoms with E-state index in [0.29, 0.717) is 19.6 Å². The van der Waals surface area contributed by atoms with Gasteiger partial charge in [-0.15, -0.1) is 0 Å². The smallest absolute Gasteiger partial charge is 0.337 e. The number of benzene rings is 1. The van der Waals surface area contributed by atoms with Crippen molar-refractivity contribution >= 4 is 33.5 Å². The van der Waals surface area contributed by atoms with E-state index in [2.05, 4.69) is 0 Å². The number of ether oxygens (including phenoxy) is 1. The lowest BCUT2D eigenvalue weighted by Gasteiger charge is -2.42. The van der Waals surface area contributed by atoms with Crippen molar-refractivity contribution in [2.45, 2.75) is 35.9 Å². The van der Waals surface area contributed by atoms with Crippen LogP contribution < -0.4 is 0 Å². The first-order valence-corrected chi connectivity index (χ1v) is 10.1. The summed E-state index contributed by atoms with van der Waals surface area (Å²) in [5, 5.41) is 9.16. The molecular formula is C16H17ClN2O6S. The SMILES string of the molecule is O=C(O)c1cc(S(=O)(=O)N2CC[C@@]34OCCCN3C(=O)C[C@@H]24)ccc1Cl. The fraction of sp³-hybridized carbons (Fsp3) is 0.500. The predicted molar refractivity (Wildman–Crippen MR) is 90.3 cm³/mol. The number of carboxylic acid groups (broad SMARTS) is 1. The molecule has 3 fully saturated rings. The molecule has 1 aromatic carbocycles. The van der Waals surface area contributed by atoms with Crippen LogP contribution in [0.4, 0.5) is 0 Å². The molecule has 3 heterocycles. The van der Waals surface area contributed by atoms with E-state index in [0.717, 1.165) is 12.5 Å². The minimum atomic E-state index is -3.99. The van der Waals surface area contributed by atoms with E-state index in [1.165, 1.54) is 16.4 Å². The van der Waals surface area contributed by atoms with E-state index in [4.69, 9.17) is 16.3 Å². The van der Waals surface area contributed by atoms with E-state index in [9.17, 15) is 23.1 Å². The van der Waals surface area contributed by atoms with Gasteiger partial charge in [0.05, 0.1) is 28.1 Å². The van der Waals surface area contributed by atoms with Gasteiger partial charge >= 0.3 is 5.97 Å². The van der Waals surface area contributed by atoms with Crippen molar-refractivity contribution in [1.29, 1.82) is 0 Å². The van der Waals surface area contributed by atoms with Gasteiger partial charge in [-0.25, -0.2) is 13.2 Å². The lowest BCUT2D eigenvalue weighted by atomic mass is 10.0. The van der Waals surface area contributed by atoms with Gasteiger partial charge in [0.1, 0.15) is 0 Å². The Balaban J connectivity index is 1.73. The Morgan fingerprint density at radius 3 is 2.85 bits per heavy atom. The summed E-state index contributed by atoms with van der Waals surface area (Å²) in [6, 6.07) is 2.99. The lowest BCUT2D eigenvalue weighted by Crippen LogP contribution is -2.56. The highest BCUT2D eigenvalue weighted by molar-refractivity contribution is 7.89. The van der Waals surface area contributed by atoms with Crippen LogP contribution in [0, 0.1) is 0 Å². The number of aromatic carboxylic acids is 1. The molecule has 0 unspecified atom stereocenters. The van der Waals surface area contributed by atoms with Gasteiger partial charge in [-0.2, -0.15) is 4.31 Å². The summed E-state index contributed by atoms with van der Waals surface area (Å²) in [6.07, 6.45) is 1.20. The van der Waals surface area contributed by atoms with Crippen LogP contribution in [0.15, 0.2) is 23.1 Å². The first-order chi connectivity index (χ1) is 12.3. The van der Waals surface area contributed by atoms with Crippen molar-refractivity contribution in [2.24, 2.45) is 0 Å². The second-order valence-electron chi connectivity index (χ2n) is 6.62. The number of carboxylic acids is 1. The van der Waals surface area contributed by atoms with Crippen molar-refractivity contribution < 1.29 is 27.9 Å². The number of carbonyl (C=O) groups excluding carboxylic acids is 1. The minimum Gasteiger partial charge on any atom is -0.478 e. The summed E-state index contributed by atoms with van der Waals surface area (Å²) in [4.78, 5) is 25.1. The number of nitrogens with zero attached hydrogens (tertiary/aromatic N) is 2. The Labute approximate surface area is 155 Å². The van der Waals surface area contributed by atoms with Crippen LogP contribution in [0.2, 0.25) is 5.02 Å². The van der Waals surface area contributed by atoms with Crippen molar-refractivity contribution in [3.63, 3.8) is 0 Å². The van der Waals surface area contributed by atoms with Crippen molar-refractivity contribution in [1.82, 2.24) is 9.21 Å². The summed E-state index contributed by atoms with van der Waals surface area (Å²) in [5.74, 6) is -1.42. The molecule has 0 saturated carbocycles. The molecule has 0 bridgehead atoms. The molecule has 3 saturated heterocycles. The first kappa shape index (κ1) is 17.7. The van der Waals surface area contributed by atoms with Crippen molar-refractivity contribution in [2.75, 3.05) is 19.7 Å². The first-order valence-electron chi connectivity index (χ1n) is 8.26. The Kier molecular flexibility index (Phi) is 4.03. The highest BCUT2D eigenvalue weighted by Gasteiger charge is 2.63. The normalized spacial score (nSPS) is 28.9. The zero-order chi connectivity index (χ0) is 18.7. The third-order valence-corrected chi connectivity index (χ3v) is 7.57. The monoisotopic (exact) mass is 400 g/mol. The molecule has 1 aromatic rings. The summed E-state index contributed by atoms with van der Waals surface area (Å²) in [6.45, 7) is 1.26. The number of amides is 1. The van der Waals surface area contributed by atoms with Crippen molar-refractivity contribution in [3.05, 3.63) is 28.8 Å². The number of hydrogen-bond acceptors (Lipinski definition) is 5. The topological polar surface area (TPSA) is 104 Å². The number of carbonyl (C=O) groups is 2. The molecule has 1 amide bonds. The maximum atomic E-state index is 13.1. The van der Waals surface area contributed by atoms with E-state index in [1.54, 1.807) is 4.90 Å². The number of hydrogen-bond donors (Lipinski definition) is 1. The van der Waals surface area contributed by atoms with Crippen LogP contribution in [0.1, 0.15) is 29.6 Å². The Hall–Kier alpha value is -1.68. The summed E-state index contributed by atoms with van der Waals surface area (Å²) < 4.78 is 33.5. The fourth-order valence-corrected chi connectivity index (χ4v) is 6.05. The molecule has 2 atom stereocenters. The zero-order valence-electron chi connectivity index (χ0n) is 13.7. The number of rotatable bonds is 3. The second kappa shape index (κ2) is 5.91. The zero-order valence-corrected chi connectivity index (χ0v) is 15.3. The van der Waals surface area contributed by atoms with Crippen LogP contribution in [-0.4, -0.2) is 66.1 Å². The molecule has 0 aromatic heterocycles. The maximum Gasteiger partial charge on any atom is 0.337 e. The van der Waals surface area contributed by atoms with E-state index in [1.807, 2.05) is 0 Å². The standard InChI is InChI=1S/C16H17ClN2O6S/c17-12-3-2-10(8-11(12)15(21)22)26(23,24)19-6-4-16-13(19)9-14(20)18(16)5-1-7-25-16/h2-3,8,13H,1,4-7,9H2,(H,21,22)/t13-,16+/m1/s1. The van der Waals surface area contributed by atoms with Crippen LogP contribution in [0.3, 0.4) is 0 Å². The van der Waals surface area contributed by atoms with Crippen molar-refractivity contribution in [3.8, 4) is 0 Å². The number of sulfonamides is 1. The predicted octanol–water partition coefficient (Wildman–Crippen LogP) is 1.15. The Morgan fingerprint density at radius 2 is 2.12 bits per heavy atom. The summed E-state index contributed by atoms with van der Waals surface area (Å²) in [5.41, 5.74) is -1.18. The average Bonchev–Trinajstić information content (AvgIpc) is 3.07. The van der Waals surface area contributed by atoms with Crippen LogP contribution in [-0.2, 0) is 19.6 Å². The summed E-state index contributed by atoms with van der Waals surface area (Å²) >= 11 is 5.84. The molecule has 3 aliphatic heterocycles. The molecule has 8 nitrogen and oxygen atoms in total. The lowest BCUT2D eigenvalue weighted by molar-refractivity contribution is -0.178. The van der Waals surface area contributed by atoms with Gasteiger partial charge in [0.2, 0.25) is 15.9 Å². The van der Waals surface area contributed by atoms with E-state index < -0.39 is 27.8 Å². The largest absolute Gasteiger partial charge is 0.478 e. The molecule has 0 radical (unpaired) electrons. The Bertz CT molecular complexity index is 904. The summed E-state index contributed by atoms with van der Waals surface area (Å²) in [7, 11) is -3.99.